The predicted octanol–water partition coefficient (Wildman–Crippen LogP) is 2.31. The summed E-state index contributed by atoms with van der Waals surface area (Å²) in [6.07, 6.45) is -1.42. The first-order valence-corrected chi connectivity index (χ1v) is 7.72. The molecule has 2 aromatic rings. The highest BCUT2D eigenvalue weighted by molar-refractivity contribution is 6.30. The largest absolute Gasteiger partial charge is 0.479 e. The molecule has 8 heteroatoms. The fourth-order valence-corrected chi connectivity index (χ4v) is 2.76. The summed E-state index contributed by atoms with van der Waals surface area (Å²) in [4.78, 5) is 25.1. The van der Waals surface area contributed by atoms with Gasteiger partial charge in [-0.25, -0.2) is 4.79 Å². The average molecular weight is 351 g/mol. The molecule has 0 spiro atoms. The fraction of sp³-hybridized carbons (Fsp3) is 0.312. The summed E-state index contributed by atoms with van der Waals surface area (Å²) in [5, 5.41) is 13.5. The molecular weight excluding hydrogens is 336 g/mol. The van der Waals surface area contributed by atoms with Crippen molar-refractivity contribution >= 4 is 23.5 Å². The fourth-order valence-electron chi connectivity index (χ4n) is 2.57. The van der Waals surface area contributed by atoms with Gasteiger partial charge in [-0.15, -0.1) is 0 Å². The number of hydrogen-bond donors (Lipinski definition) is 1. The molecule has 1 N–H and O–H groups in total. The van der Waals surface area contributed by atoms with Crippen LogP contribution in [-0.2, 0) is 9.53 Å². The minimum atomic E-state index is -1.10. The van der Waals surface area contributed by atoms with Gasteiger partial charge in [0.15, 0.2) is 6.10 Å². The van der Waals surface area contributed by atoms with E-state index in [-0.39, 0.29) is 25.0 Å². The molecule has 3 rings (SSSR count). The van der Waals surface area contributed by atoms with Crippen LogP contribution in [0, 0.1) is 0 Å². The van der Waals surface area contributed by atoms with Gasteiger partial charge >= 0.3 is 5.97 Å². The van der Waals surface area contributed by atoms with E-state index in [0.29, 0.717) is 10.7 Å². The number of carbonyl (C=O) groups is 2. The number of halogens is 1. The Hall–Kier alpha value is -2.38. The van der Waals surface area contributed by atoms with E-state index in [1.165, 1.54) is 11.0 Å². The maximum Gasteiger partial charge on any atom is 0.334 e. The van der Waals surface area contributed by atoms with E-state index in [1.807, 2.05) is 0 Å². The highest BCUT2D eigenvalue weighted by Crippen LogP contribution is 2.23. The third-order valence-electron chi connectivity index (χ3n) is 3.66. The summed E-state index contributed by atoms with van der Waals surface area (Å²) < 4.78 is 10.4. The van der Waals surface area contributed by atoms with Crippen LogP contribution in [0.2, 0.25) is 5.02 Å². The summed E-state index contributed by atoms with van der Waals surface area (Å²) in [5.74, 6) is -1.48. The van der Waals surface area contributed by atoms with Gasteiger partial charge in [-0.3, -0.25) is 4.79 Å². The van der Waals surface area contributed by atoms with Crippen LogP contribution in [-0.4, -0.2) is 52.3 Å². The third kappa shape index (κ3) is 3.42. The Morgan fingerprint density at radius 1 is 1.33 bits per heavy atom. The molecule has 0 aliphatic carbocycles. The normalized spacial score (nSPS) is 20.8. The molecule has 1 unspecified atom stereocenters. The van der Waals surface area contributed by atoms with E-state index in [0.717, 1.165) is 5.56 Å². The van der Waals surface area contributed by atoms with Gasteiger partial charge in [0, 0.05) is 23.2 Å². The molecule has 7 nitrogen and oxygen atoms in total. The molecular formula is C16H15ClN2O5. The SMILES string of the molecule is C[C@@H]1CN(C(=O)c2cc(-c3cccc(Cl)c3)no2)CC(C(=O)O)O1. The Morgan fingerprint density at radius 3 is 2.83 bits per heavy atom. The Morgan fingerprint density at radius 2 is 2.12 bits per heavy atom. The Kier molecular flexibility index (Phi) is 4.55. The molecule has 1 aliphatic rings. The molecule has 1 fully saturated rings. The third-order valence-corrected chi connectivity index (χ3v) is 3.90. The smallest absolute Gasteiger partial charge is 0.334 e. The number of rotatable bonds is 3. The summed E-state index contributed by atoms with van der Waals surface area (Å²) in [6, 6.07) is 8.54. The van der Waals surface area contributed by atoms with Gasteiger partial charge < -0.3 is 19.3 Å². The Bertz CT molecular complexity index is 775. The highest BCUT2D eigenvalue weighted by atomic mass is 35.5. The van der Waals surface area contributed by atoms with Crippen LogP contribution in [0.25, 0.3) is 11.3 Å². The quantitative estimate of drug-likeness (QED) is 0.913. The summed E-state index contributed by atoms with van der Waals surface area (Å²) in [5.41, 5.74) is 1.21. The number of ether oxygens (including phenoxy) is 1. The van der Waals surface area contributed by atoms with Crippen molar-refractivity contribution in [3.63, 3.8) is 0 Å². The van der Waals surface area contributed by atoms with Crippen molar-refractivity contribution in [2.45, 2.75) is 19.1 Å². The minimum Gasteiger partial charge on any atom is -0.479 e. The lowest BCUT2D eigenvalue weighted by Crippen LogP contribution is -2.51. The number of amides is 1. The number of aromatic nitrogens is 1. The first kappa shape index (κ1) is 16.5. The molecule has 0 bridgehead atoms. The molecule has 1 amide bonds. The van der Waals surface area contributed by atoms with Crippen LogP contribution >= 0.6 is 11.6 Å². The van der Waals surface area contributed by atoms with Crippen molar-refractivity contribution in [3.05, 3.63) is 41.1 Å². The van der Waals surface area contributed by atoms with Crippen LogP contribution in [0.3, 0.4) is 0 Å². The second kappa shape index (κ2) is 6.62. The average Bonchev–Trinajstić information content (AvgIpc) is 3.03. The van der Waals surface area contributed by atoms with Gasteiger partial charge in [-0.1, -0.05) is 28.9 Å². The molecule has 1 aromatic heterocycles. The zero-order chi connectivity index (χ0) is 17.3. The van der Waals surface area contributed by atoms with E-state index in [4.69, 9.17) is 26.0 Å². The number of morpholine rings is 1. The van der Waals surface area contributed by atoms with Gasteiger partial charge in [0.05, 0.1) is 12.6 Å². The molecule has 1 aromatic carbocycles. The number of carboxylic acids is 1. The second-order valence-electron chi connectivity index (χ2n) is 5.57. The lowest BCUT2D eigenvalue weighted by atomic mass is 10.1. The molecule has 1 aliphatic heterocycles. The number of benzene rings is 1. The summed E-state index contributed by atoms with van der Waals surface area (Å²) in [6.45, 7) is 1.97. The summed E-state index contributed by atoms with van der Waals surface area (Å²) in [7, 11) is 0. The molecule has 1 saturated heterocycles. The summed E-state index contributed by atoms with van der Waals surface area (Å²) >= 11 is 5.94. The molecule has 2 atom stereocenters. The monoisotopic (exact) mass is 350 g/mol. The lowest BCUT2D eigenvalue weighted by molar-refractivity contribution is -0.160. The van der Waals surface area contributed by atoms with Crippen molar-refractivity contribution in [2.75, 3.05) is 13.1 Å². The van der Waals surface area contributed by atoms with Gasteiger partial charge in [0.1, 0.15) is 5.69 Å². The van der Waals surface area contributed by atoms with E-state index in [1.54, 1.807) is 31.2 Å². The van der Waals surface area contributed by atoms with Gasteiger partial charge in [-0.05, 0) is 19.1 Å². The first-order valence-electron chi connectivity index (χ1n) is 7.34. The zero-order valence-corrected chi connectivity index (χ0v) is 13.6. The highest BCUT2D eigenvalue weighted by Gasteiger charge is 2.34. The van der Waals surface area contributed by atoms with Gasteiger partial charge in [0.2, 0.25) is 5.76 Å². The van der Waals surface area contributed by atoms with Gasteiger partial charge in [-0.2, -0.15) is 0 Å². The van der Waals surface area contributed by atoms with Crippen molar-refractivity contribution in [1.29, 1.82) is 0 Å². The molecule has 126 valence electrons. The lowest BCUT2D eigenvalue weighted by Gasteiger charge is -2.34. The Labute approximate surface area is 142 Å². The van der Waals surface area contributed by atoms with E-state index in [9.17, 15) is 9.59 Å². The standard InChI is InChI=1S/C16H15ClN2O5/c1-9-7-19(8-14(23-9)16(21)22)15(20)13-6-12(18-24-13)10-3-2-4-11(17)5-10/h2-6,9,14H,7-8H2,1H3,(H,21,22)/t9-,14?/m1/s1. The number of aliphatic carboxylic acids is 1. The van der Waals surface area contributed by atoms with Crippen LogP contribution in [0.5, 0.6) is 0 Å². The van der Waals surface area contributed by atoms with Crippen LogP contribution in [0.15, 0.2) is 34.9 Å². The molecule has 0 saturated carbocycles. The van der Waals surface area contributed by atoms with Crippen molar-refractivity contribution in [1.82, 2.24) is 10.1 Å². The number of carboxylic acid groups (broad SMARTS) is 1. The van der Waals surface area contributed by atoms with Crippen LogP contribution < -0.4 is 0 Å². The maximum atomic E-state index is 12.5. The number of nitrogens with zero attached hydrogens (tertiary/aromatic N) is 2. The van der Waals surface area contributed by atoms with E-state index >= 15 is 0 Å². The minimum absolute atomic E-state index is 0.0360. The molecule has 24 heavy (non-hydrogen) atoms. The maximum absolute atomic E-state index is 12.5. The first-order chi connectivity index (χ1) is 11.4. The Balaban J connectivity index is 1.79. The number of hydrogen-bond acceptors (Lipinski definition) is 5. The van der Waals surface area contributed by atoms with Crippen LogP contribution in [0.4, 0.5) is 0 Å². The number of carbonyl (C=O) groups excluding carboxylic acids is 1. The van der Waals surface area contributed by atoms with E-state index < -0.39 is 18.0 Å². The topological polar surface area (TPSA) is 92.9 Å². The van der Waals surface area contributed by atoms with Crippen molar-refractivity contribution in [3.8, 4) is 11.3 Å². The predicted molar refractivity (Wildman–Crippen MR) is 84.8 cm³/mol. The van der Waals surface area contributed by atoms with E-state index in [2.05, 4.69) is 5.16 Å². The van der Waals surface area contributed by atoms with Crippen molar-refractivity contribution < 1.29 is 24.0 Å². The molecule has 2 heterocycles. The second-order valence-corrected chi connectivity index (χ2v) is 6.01. The molecule has 0 radical (unpaired) electrons. The zero-order valence-electron chi connectivity index (χ0n) is 12.8. The van der Waals surface area contributed by atoms with Crippen molar-refractivity contribution in [2.24, 2.45) is 0 Å². The van der Waals surface area contributed by atoms with Gasteiger partial charge in [0.25, 0.3) is 5.91 Å². The van der Waals surface area contributed by atoms with Crippen LogP contribution in [0.1, 0.15) is 17.5 Å².